The normalized spacial score (nSPS) is 18.2. The molecule has 6 nitrogen and oxygen atoms in total. The zero-order valence-electron chi connectivity index (χ0n) is 24.6. The molecule has 0 amide bonds. The Morgan fingerprint density at radius 1 is 0.833 bits per heavy atom. The van der Waals surface area contributed by atoms with E-state index in [0.717, 1.165) is 50.7 Å². The van der Waals surface area contributed by atoms with Crippen LogP contribution >= 0.6 is 0 Å². The molecule has 214 valence electrons. The summed E-state index contributed by atoms with van der Waals surface area (Å²) in [4.78, 5) is 28.3. The van der Waals surface area contributed by atoms with E-state index in [9.17, 15) is 14.9 Å². The van der Waals surface area contributed by atoms with Gasteiger partial charge in [-0.15, -0.1) is 0 Å². The molecule has 0 radical (unpaired) electrons. The van der Waals surface area contributed by atoms with Gasteiger partial charge in [0, 0.05) is 50.9 Å². The zero-order chi connectivity index (χ0) is 29.8. The monoisotopic (exact) mass is 559 g/mol. The topological polar surface area (TPSA) is 66.7 Å². The summed E-state index contributed by atoms with van der Waals surface area (Å²) in [7, 11) is 8.07. The number of fused-ring (bicyclic) bond motifs is 1. The van der Waals surface area contributed by atoms with Crippen molar-refractivity contribution in [2.75, 3.05) is 38.0 Å². The summed E-state index contributed by atoms with van der Waals surface area (Å²) in [5.74, 6) is -0.578. The van der Waals surface area contributed by atoms with Gasteiger partial charge in [-0.25, -0.2) is 0 Å². The lowest BCUT2D eigenvalue weighted by Crippen LogP contribution is -2.35. The molecule has 4 aromatic rings. The largest absolute Gasteiger partial charge is 0.378 e. The second kappa shape index (κ2) is 12.4. The predicted molar refractivity (Wildman–Crippen MR) is 173 cm³/mol. The standard InChI is InChI=1S/C36H37N3O3/c1-37(2)32-16-11-27(12-17-32)34(28-13-18-33(19-14-28)38(3)4)20-15-30-21-25(24-40)22-35(39(41)42)36(30)31-10-9-26-7-5-6-8-29(26)23-31/h5-14,16-21,23-24,30,35-36H,15,22H2,1-4H3/t30-,35-,36-/m0/s1. The third kappa shape index (κ3) is 6.13. The Kier molecular flexibility index (Phi) is 8.53. The molecular formula is C36H37N3O3. The van der Waals surface area contributed by atoms with Gasteiger partial charge in [-0.05, 0) is 75.2 Å². The average molecular weight is 560 g/mol. The molecule has 4 aromatic carbocycles. The second-order valence-corrected chi connectivity index (χ2v) is 11.4. The van der Waals surface area contributed by atoms with Crippen LogP contribution < -0.4 is 9.80 Å². The van der Waals surface area contributed by atoms with Gasteiger partial charge < -0.3 is 9.80 Å². The number of hydrogen-bond acceptors (Lipinski definition) is 5. The Balaban J connectivity index is 1.59. The maximum atomic E-state index is 12.4. The van der Waals surface area contributed by atoms with E-state index in [2.05, 4.69) is 70.5 Å². The summed E-state index contributed by atoms with van der Waals surface area (Å²) in [5.41, 5.74) is 6.85. The lowest BCUT2D eigenvalue weighted by Gasteiger charge is -2.32. The van der Waals surface area contributed by atoms with Crippen molar-refractivity contribution in [3.63, 3.8) is 0 Å². The van der Waals surface area contributed by atoms with Gasteiger partial charge in [0.2, 0.25) is 6.04 Å². The van der Waals surface area contributed by atoms with E-state index in [4.69, 9.17) is 0 Å². The first-order valence-electron chi connectivity index (χ1n) is 14.3. The second-order valence-electron chi connectivity index (χ2n) is 11.4. The molecule has 0 saturated heterocycles. The van der Waals surface area contributed by atoms with Gasteiger partial charge in [-0.2, -0.15) is 0 Å². The molecule has 3 atom stereocenters. The molecule has 0 heterocycles. The van der Waals surface area contributed by atoms with Crippen molar-refractivity contribution >= 4 is 34.0 Å². The lowest BCUT2D eigenvalue weighted by atomic mass is 9.72. The van der Waals surface area contributed by atoms with E-state index < -0.39 is 6.04 Å². The van der Waals surface area contributed by atoms with Gasteiger partial charge in [0.05, 0.1) is 5.92 Å². The third-order valence-corrected chi connectivity index (χ3v) is 8.31. The first-order chi connectivity index (χ1) is 20.2. The minimum Gasteiger partial charge on any atom is -0.378 e. The van der Waals surface area contributed by atoms with E-state index in [-0.39, 0.29) is 23.2 Å². The van der Waals surface area contributed by atoms with Gasteiger partial charge >= 0.3 is 0 Å². The van der Waals surface area contributed by atoms with Crippen LogP contribution in [0.1, 0.15) is 35.4 Å². The van der Waals surface area contributed by atoms with Crippen LogP contribution in [0.25, 0.3) is 16.3 Å². The SMILES string of the molecule is CN(C)c1ccc(C(=CC[C@H]2C=C(C=O)C[C@H]([N+](=O)[O-])[C@@H]2c2ccc3ccccc3c2)c2ccc(N(C)C)cc2)cc1. The molecule has 0 aliphatic heterocycles. The zero-order valence-corrected chi connectivity index (χ0v) is 24.6. The van der Waals surface area contributed by atoms with Crippen LogP contribution in [-0.2, 0) is 4.79 Å². The molecule has 0 saturated carbocycles. The highest BCUT2D eigenvalue weighted by Gasteiger charge is 2.41. The van der Waals surface area contributed by atoms with Crippen molar-refractivity contribution in [1.29, 1.82) is 0 Å². The first kappa shape index (κ1) is 28.8. The van der Waals surface area contributed by atoms with Crippen LogP contribution in [0.15, 0.2) is 109 Å². The van der Waals surface area contributed by atoms with E-state index in [1.807, 2.05) is 70.7 Å². The van der Waals surface area contributed by atoms with Gasteiger partial charge in [0.1, 0.15) is 6.29 Å². The minimum atomic E-state index is -0.878. The quantitative estimate of drug-likeness (QED) is 0.122. The molecule has 1 aliphatic rings. The highest BCUT2D eigenvalue weighted by molar-refractivity contribution is 5.84. The average Bonchev–Trinajstić information content (AvgIpc) is 3.00. The van der Waals surface area contributed by atoms with Crippen LogP contribution in [0.5, 0.6) is 0 Å². The fourth-order valence-corrected chi connectivity index (χ4v) is 6.03. The Bertz CT molecular complexity index is 1580. The molecule has 0 aromatic heterocycles. The van der Waals surface area contributed by atoms with Crippen molar-refractivity contribution in [2.24, 2.45) is 5.92 Å². The Morgan fingerprint density at radius 2 is 1.40 bits per heavy atom. The number of carbonyl (C=O) groups excluding carboxylic acids is 1. The molecule has 0 unspecified atom stereocenters. The maximum absolute atomic E-state index is 12.4. The maximum Gasteiger partial charge on any atom is 0.224 e. The van der Waals surface area contributed by atoms with Gasteiger partial charge in [-0.3, -0.25) is 14.9 Å². The van der Waals surface area contributed by atoms with Crippen molar-refractivity contribution in [1.82, 2.24) is 0 Å². The summed E-state index contributed by atoms with van der Waals surface area (Å²) in [6.07, 6.45) is 5.63. The molecule has 5 rings (SSSR count). The minimum absolute atomic E-state index is 0.138. The first-order valence-corrected chi connectivity index (χ1v) is 14.3. The summed E-state index contributed by atoms with van der Waals surface area (Å²) >= 11 is 0. The molecule has 0 bridgehead atoms. The summed E-state index contributed by atoms with van der Waals surface area (Å²) in [6, 6.07) is 30.2. The number of nitro groups is 1. The highest BCUT2D eigenvalue weighted by atomic mass is 16.6. The molecular weight excluding hydrogens is 522 g/mol. The highest BCUT2D eigenvalue weighted by Crippen LogP contribution is 2.42. The summed E-state index contributed by atoms with van der Waals surface area (Å²) in [5, 5.41) is 14.6. The van der Waals surface area contributed by atoms with Crippen LogP contribution in [0.3, 0.4) is 0 Å². The number of rotatable bonds is 9. The van der Waals surface area contributed by atoms with E-state index >= 15 is 0 Å². The number of hydrogen-bond donors (Lipinski definition) is 0. The van der Waals surface area contributed by atoms with Gasteiger partial charge in [0.15, 0.2) is 0 Å². The smallest absolute Gasteiger partial charge is 0.224 e. The summed E-state index contributed by atoms with van der Waals surface area (Å²) in [6.45, 7) is 0. The lowest BCUT2D eigenvalue weighted by molar-refractivity contribution is -0.528. The van der Waals surface area contributed by atoms with Crippen molar-refractivity contribution < 1.29 is 9.72 Å². The van der Waals surface area contributed by atoms with Crippen molar-refractivity contribution in [2.45, 2.75) is 24.8 Å². The Labute approximate surface area is 247 Å². The number of benzene rings is 4. The van der Waals surface area contributed by atoms with Gasteiger partial charge in [-0.1, -0.05) is 78.9 Å². The van der Waals surface area contributed by atoms with Crippen LogP contribution in [0, 0.1) is 16.0 Å². The van der Waals surface area contributed by atoms with Gasteiger partial charge in [0.25, 0.3) is 0 Å². The van der Waals surface area contributed by atoms with E-state index in [1.54, 1.807) is 0 Å². The molecule has 0 fully saturated rings. The number of carbonyl (C=O) groups is 1. The molecule has 0 N–H and O–H groups in total. The fourth-order valence-electron chi connectivity index (χ4n) is 6.03. The number of aldehydes is 1. The van der Waals surface area contributed by atoms with Crippen LogP contribution in [-0.4, -0.2) is 45.4 Å². The van der Waals surface area contributed by atoms with E-state index in [1.165, 1.54) is 0 Å². The molecule has 1 aliphatic carbocycles. The summed E-state index contributed by atoms with van der Waals surface area (Å²) < 4.78 is 0. The fraction of sp³-hybridized carbons (Fsp3) is 0.250. The Hall–Kier alpha value is -4.71. The molecule has 6 heteroatoms. The predicted octanol–water partition coefficient (Wildman–Crippen LogP) is 7.37. The Morgan fingerprint density at radius 3 is 1.93 bits per heavy atom. The molecule has 0 spiro atoms. The van der Waals surface area contributed by atoms with Crippen LogP contribution in [0.2, 0.25) is 0 Å². The number of allylic oxidation sites excluding steroid dienone is 2. The van der Waals surface area contributed by atoms with Crippen LogP contribution in [0.4, 0.5) is 11.4 Å². The number of nitrogens with zero attached hydrogens (tertiary/aromatic N) is 3. The molecule has 42 heavy (non-hydrogen) atoms. The number of anilines is 2. The van der Waals surface area contributed by atoms with E-state index in [0.29, 0.717) is 12.0 Å². The third-order valence-electron chi connectivity index (χ3n) is 8.31. The van der Waals surface area contributed by atoms with Crippen molar-refractivity contribution in [3.05, 3.63) is 136 Å². The van der Waals surface area contributed by atoms with Crippen molar-refractivity contribution in [3.8, 4) is 0 Å².